The van der Waals surface area contributed by atoms with E-state index >= 15 is 17.6 Å². The van der Waals surface area contributed by atoms with Crippen LogP contribution < -0.4 is 0 Å². The quantitative estimate of drug-likeness (QED) is 0.241. The third kappa shape index (κ3) is 2.97. The number of fused-ring (bicyclic) bond motifs is 1. The largest absolute Gasteiger partial charge is 0.373 e. The first-order valence-electron chi connectivity index (χ1n) is 10.7. The molecule has 0 nitrogen and oxygen atoms in total. The van der Waals surface area contributed by atoms with Gasteiger partial charge in [0, 0.05) is 19.3 Å². The first kappa shape index (κ1) is 23.4. The number of hydrogen-bond acceptors (Lipinski definition) is 2. The summed E-state index contributed by atoms with van der Waals surface area (Å²) in [7, 11) is 0. The van der Waals surface area contributed by atoms with Crippen LogP contribution in [0.3, 0.4) is 0 Å². The van der Waals surface area contributed by atoms with E-state index in [2.05, 4.69) is 0 Å². The van der Waals surface area contributed by atoms with Gasteiger partial charge in [0.1, 0.15) is 0 Å². The van der Waals surface area contributed by atoms with E-state index in [1.165, 1.54) is 18.3 Å². The van der Waals surface area contributed by atoms with E-state index in [4.69, 9.17) is 0 Å². The van der Waals surface area contributed by atoms with Crippen molar-refractivity contribution in [3.63, 3.8) is 0 Å². The number of alkyl halides is 6. The van der Waals surface area contributed by atoms with Crippen LogP contribution in [0.4, 0.5) is 26.3 Å². The average molecular weight is 511 g/mol. The van der Waals surface area contributed by atoms with Gasteiger partial charge >= 0.3 is 17.8 Å². The highest BCUT2D eigenvalue weighted by Crippen LogP contribution is 2.70. The smallest absolute Gasteiger partial charge is 0.199 e. The molecule has 0 amide bonds. The first-order valence-corrected chi connectivity index (χ1v) is 12.3. The molecule has 5 rings (SSSR count). The highest BCUT2D eigenvalue weighted by atomic mass is 32.1. The third-order valence-electron chi connectivity index (χ3n) is 6.81. The maximum absolute atomic E-state index is 15.5. The molecule has 0 saturated heterocycles. The van der Waals surface area contributed by atoms with Gasteiger partial charge < -0.3 is 0 Å². The van der Waals surface area contributed by atoms with Crippen molar-refractivity contribution in [2.75, 3.05) is 0 Å². The molecule has 1 aliphatic carbocycles. The SMILES string of the molecule is Cc1sc(-c2ccccc2)c(C)c1C1C(c2c(C)sc3ccccc23)C(F)(F)C(F)(F)C1(F)F. The molecule has 1 fully saturated rings. The minimum Gasteiger partial charge on any atom is -0.199 e. The Bertz CT molecular complexity index is 1380. The molecule has 178 valence electrons. The Kier molecular flexibility index (Phi) is 5.23. The van der Waals surface area contributed by atoms with Gasteiger partial charge in [0.2, 0.25) is 0 Å². The molecular formula is C26H20F6S2. The van der Waals surface area contributed by atoms with Gasteiger partial charge in [0.25, 0.3) is 0 Å². The van der Waals surface area contributed by atoms with Gasteiger partial charge in [-0.15, -0.1) is 22.7 Å². The summed E-state index contributed by atoms with van der Waals surface area (Å²) in [4.78, 5) is 1.31. The molecular weight excluding hydrogens is 490 g/mol. The molecule has 2 aromatic heterocycles. The lowest BCUT2D eigenvalue weighted by molar-refractivity contribution is -0.274. The fourth-order valence-electron chi connectivity index (χ4n) is 5.29. The van der Waals surface area contributed by atoms with E-state index in [0.717, 1.165) is 16.9 Å². The van der Waals surface area contributed by atoms with Gasteiger partial charge in [0.15, 0.2) is 0 Å². The summed E-state index contributed by atoms with van der Waals surface area (Å²) in [5.74, 6) is -20.1. The van der Waals surface area contributed by atoms with Crippen LogP contribution in [0.1, 0.15) is 38.3 Å². The molecule has 4 aromatic rings. The van der Waals surface area contributed by atoms with Crippen LogP contribution in [-0.2, 0) is 0 Å². The monoisotopic (exact) mass is 510 g/mol. The van der Waals surface area contributed by atoms with Gasteiger partial charge in [-0.25, -0.2) is 0 Å². The molecule has 2 atom stereocenters. The van der Waals surface area contributed by atoms with Crippen molar-refractivity contribution in [3.05, 3.63) is 81.0 Å². The Hall–Kier alpha value is -2.32. The number of thiophene rings is 2. The van der Waals surface area contributed by atoms with Crippen molar-refractivity contribution in [1.82, 2.24) is 0 Å². The summed E-state index contributed by atoms with van der Waals surface area (Å²) in [6.07, 6.45) is 0. The number of aryl methyl sites for hydroxylation is 2. The lowest BCUT2D eigenvalue weighted by Gasteiger charge is -2.26. The Morgan fingerprint density at radius 1 is 0.647 bits per heavy atom. The van der Waals surface area contributed by atoms with E-state index in [0.29, 0.717) is 30.3 Å². The predicted octanol–water partition coefficient (Wildman–Crippen LogP) is 9.34. The summed E-state index contributed by atoms with van der Waals surface area (Å²) < 4.78 is 92.3. The Morgan fingerprint density at radius 2 is 1.18 bits per heavy atom. The van der Waals surface area contributed by atoms with Crippen molar-refractivity contribution >= 4 is 32.8 Å². The molecule has 1 saturated carbocycles. The van der Waals surface area contributed by atoms with Crippen LogP contribution in [0.2, 0.25) is 0 Å². The fraction of sp³-hybridized carbons (Fsp3) is 0.308. The van der Waals surface area contributed by atoms with Crippen molar-refractivity contribution in [3.8, 4) is 10.4 Å². The zero-order chi connectivity index (χ0) is 24.6. The molecule has 2 aromatic carbocycles. The Labute approximate surface area is 200 Å². The number of halogens is 6. The highest BCUT2D eigenvalue weighted by Gasteiger charge is 2.85. The maximum Gasteiger partial charge on any atom is 0.373 e. The van der Waals surface area contributed by atoms with Crippen LogP contribution in [-0.4, -0.2) is 17.8 Å². The molecule has 0 N–H and O–H groups in total. The standard InChI is InChI=1S/C26H20F6S2/c1-13-19(14(2)34-23(13)16-9-5-4-6-10-16)21-22(25(29,30)26(31,32)24(21,27)28)20-15(3)33-18-12-8-7-11-17(18)20/h4-12,21-22H,1-3H3. The Balaban J connectivity index is 1.82. The molecule has 34 heavy (non-hydrogen) atoms. The van der Waals surface area contributed by atoms with Crippen LogP contribution in [0.25, 0.3) is 20.5 Å². The second kappa shape index (κ2) is 7.59. The van der Waals surface area contributed by atoms with E-state index in [1.807, 2.05) is 0 Å². The summed E-state index contributed by atoms with van der Waals surface area (Å²) in [5.41, 5.74) is 0.853. The summed E-state index contributed by atoms with van der Waals surface area (Å²) >= 11 is 2.32. The van der Waals surface area contributed by atoms with Gasteiger partial charge in [-0.1, -0.05) is 48.5 Å². The fourth-order valence-corrected chi connectivity index (χ4v) is 7.61. The van der Waals surface area contributed by atoms with Gasteiger partial charge in [-0.2, -0.15) is 26.3 Å². The van der Waals surface area contributed by atoms with E-state index in [-0.39, 0.29) is 11.1 Å². The number of hydrogen-bond donors (Lipinski definition) is 0. The molecule has 0 aliphatic heterocycles. The molecule has 2 heterocycles. The maximum atomic E-state index is 15.5. The summed E-state index contributed by atoms with van der Waals surface area (Å²) in [5, 5.41) is 0.321. The van der Waals surface area contributed by atoms with Crippen LogP contribution >= 0.6 is 22.7 Å². The van der Waals surface area contributed by atoms with Crippen molar-refractivity contribution in [1.29, 1.82) is 0 Å². The molecule has 8 heteroatoms. The molecule has 0 spiro atoms. The van der Waals surface area contributed by atoms with Crippen molar-refractivity contribution in [2.24, 2.45) is 0 Å². The molecule has 0 bridgehead atoms. The van der Waals surface area contributed by atoms with Gasteiger partial charge in [0.05, 0.1) is 11.8 Å². The minimum atomic E-state index is -5.50. The normalized spacial score (nSPS) is 23.0. The zero-order valence-corrected chi connectivity index (χ0v) is 20.1. The zero-order valence-electron chi connectivity index (χ0n) is 18.4. The minimum absolute atomic E-state index is 0.106. The second-order valence-corrected chi connectivity index (χ2v) is 11.2. The number of rotatable bonds is 3. The topological polar surface area (TPSA) is 0 Å². The van der Waals surface area contributed by atoms with Crippen LogP contribution in [0, 0.1) is 20.8 Å². The van der Waals surface area contributed by atoms with Crippen molar-refractivity contribution in [2.45, 2.75) is 50.4 Å². The second-order valence-electron chi connectivity index (χ2n) is 8.74. The van der Waals surface area contributed by atoms with Crippen LogP contribution in [0.5, 0.6) is 0 Å². The number of benzene rings is 2. The van der Waals surface area contributed by atoms with E-state index < -0.39 is 29.6 Å². The Morgan fingerprint density at radius 3 is 1.82 bits per heavy atom. The molecule has 1 aliphatic rings. The predicted molar refractivity (Wildman–Crippen MR) is 126 cm³/mol. The van der Waals surface area contributed by atoms with Gasteiger partial charge in [-0.05, 0) is 54.5 Å². The van der Waals surface area contributed by atoms with Gasteiger partial charge in [-0.3, -0.25) is 0 Å². The first-order chi connectivity index (χ1) is 15.9. The molecule has 0 radical (unpaired) electrons. The molecule has 2 unspecified atom stereocenters. The van der Waals surface area contributed by atoms with Crippen LogP contribution in [0.15, 0.2) is 54.6 Å². The third-order valence-corrected chi connectivity index (χ3v) is 9.18. The summed E-state index contributed by atoms with van der Waals surface area (Å²) in [6, 6.07) is 15.5. The van der Waals surface area contributed by atoms with Crippen molar-refractivity contribution < 1.29 is 26.3 Å². The van der Waals surface area contributed by atoms with E-state index in [1.54, 1.807) is 68.4 Å². The lowest BCUT2D eigenvalue weighted by atomic mass is 9.79. The lowest BCUT2D eigenvalue weighted by Crippen LogP contribution is -2.48. The van der Waals surface area contributed by atoms with E-state index in [9.17, 15) is 8.78 Å². The summed E-state index contributed by atoms with van der Waals surface area (Å²) in [6.45, 7) is 4.63. The average Bonchev–Trinajstić information content (AvgIpc) is 3.29. The highest BCUT2D eigenvalue weighted by molar-refractivity contribution is 7.19.